The van der Waals surface area contributed by atoms with E-state index >= 15 is 0 Å². The lowest BCUT2D eigenvalue weighted by atomic mass is 10.3. The zero-order chi connectivity index (χ0) is 13.0. The minimum absolute atomic E-state index is 0.675. The standard InChI is InChI=1S/C12H20N6/c1-10(2)13-14-11-4-5-12(16-15-11)18-8-6-17(3)7-9-18/h4-5H,6-9H2,1-3H3,(H,14,15). The van der Waals surface area contributed by atoms with Gasteiger partial charge in [-0.25, -0.2) is 0 Å². The van der Waals surface area contributed by atoms with E-state index in [9.17, 15) is 0 Å². The summed E-state index contributed by atoms with van der Waals surface area (Å²) in [5.74, 6) is 1.61. The first-order valence-corrected chi connectivity index (χ1v) is 6.19. The van der Waals surface area contributed by atoms with Gasteiger partial charge in [-0.15, -0.1) is 10.2 Å². The predicted molar refractivity (Wildman–Crippen MR) is 74.1 cm³/mol. The maximum atomic E-state index is 4.23. The highest BCUT2D eigenvalue weighted by Gasteiger charge is 2.15. The Morgan fingerprint density at radius 3 is 2.44 bits per heavy atom. The van der Waals surface area contributed by atoms with Gasteiger partial charge in [-0.1, -0.05) is 0 Å². The Morgan fingerprint density at radius 2 is 1.89 bits per heavy atom. The molecule has 0 spiro atoms. The molecule has 0 aromatic carbocycles. The van der Waals surface area contributed by atoms with Gasteiger partial charge in [-0.05, 0) is 33.0 Å². The van der Waals surface area contributed by atoms with E-state index in [4.69, 9.17) is 0 Å². The number of aromatic nitrogens is 2. The molecule has 18 heavy (non-hydrogen) atoms. The van der Waals surface area contributed by atoms with E-state index in [-0.39, 0.29) is 0 Å². The zero-order valence-corrected chi connectivity index (χ0v) is 11.2. The summed E-state index contributed by atoms with van der Waals surface area (Å²) in [7, 11) is 2.14. The normalized spacial score (nSPS) is 16.5. The number of hydrogen-bond acceptors (Lipinski definition) is 6. The lowest BCUT2D eigenvalue weighted by Gasteiger charge is -2.32. The molecule has 0 atom stereocenters. The SMILES string of the molecule is CC(C)=NNc1ccc(N2CCN(C)CC2)nn1. The number of piperazine rings is 1. The molecule has 0 amide bonds. The Kier molecular flexibility index (Phi) is 4.09. The van der Waals surface area contributed by atoms with Gasteiger partial charge >= 0.3 is 0 Å². The molecule has 0 unspecified atom stereocenters. The minimum Gasteiger partial charge on any atom is -0.353 e. The van der Waals surface area contributed by atoms with E-state index in [1.54, 1.807) is 0 Å². The topological polar surface area (TPSA) is 56.7 Å². The molecule has 1 saturated heterocycles. The molecule has 0 radical (unpaired) electrons. The van der Waals surface area contributed by atoms with E-state index in [2.05, 4.69) is 37.6 Å². The van der Waals surface area contributed by atoms with E-state index < -0.39 is 0 Å². The van der Waals surface area contributed by atoms with Crippen LogP contribution in [0.4, 0.5) is 11.6 Å². The quantitative estimate of drug-likeness (QED) is 0.639. The van der Waals surface area contributed by atoms with Crippen molar-refractivity contribution in [3.05, 3.63) is 12.1 Å². The molecular weight excluding hydrogens is 228 g/mol. The summed E-state index contributed by atoms with van der Waals surface area (Å²) in [6, 6.07) is 3.90. The van der Waals surface area contributed by atoms with Crippen LogP contribution in [-0.2, 0) is 0 Å². The van der Waals surface area contributed by atoms with Gasteiger partial charge in [0.05, 0.1) is 0 Å². The van der Waals surface area contributed by atoms with Crippen molar-refractivity contribution in [3.8, 4) is 0 Å². The summed E-state index contributed by atoms with van der Waals surface area (Å²) in [4.78, 5) is 4.57. The van der Waals surface area contributed by atoms with Crippen molar-refractivity contribution in [1.82, 2.24) is 15.1 Å². The number of hydrazone groups is 1. The number of likely N-dealkylation sites (N-methyl/N-ethyl adjacent to an activating group) is 1. The second-order valence-electron chi connectivity index (χ2n) is 4.74. The highest BCUT2D eigenvalue weighted by molar-refractivity contribution is 5.79. The van der Waals surface area contributed by atoms with Gasteiger partial charge in [0.15, 0.2) is 11.6 Å². The number of anilines is 2. The molecule has 2 heterocycles. The van der Waals surface area contributed by atoms with Gasteiger partial charge in [0, 0.05) is 31.9 Å². The van der Waals surface area contributed by atoms with E-state index in [0.29, 0.717) is 5.82 Å². The fraction of sp³-hybridized carbons (Fsp3) is 0.583. The largest absolute Gasteiger partial charge is 0.353 e. The second kappa shape index (κ2) is 5.77. The fourth-order valence-electron chi connectivity index (χ4n) is 1.76. The van der Waals surface area contributed by atoms with E-state index in [1.165, 1.54) is 0 Å². The Labute approximate surface area is 108 Å². The molecular formula is C12H20N6. The third-order valence-electron chi connectivity index (χ3n) is 2.87. The van der Waals surface area contributed by atoms with Gasteiger partial charge < -0.3 is 9.80 Å². The van der Waals surface area contributed by atoms with Crippen molar-refractivity contribution in [3.63, 3.8) is 0 Å². The van der Waals surface area contributed by atoms with Crippen LogP contribution in [0.1, 0.15) is 13.8 Å². The first-order valence-electron chi connectivity index (χ1n) is 6.19. The highest BCUT2D eigenvalue weighted by Crippen LogP contribution is 2.13. The number of hydrogen-bond donors (Lipinski definition) is 1. The Bertz CT molecular complexity index is 401. The predicted octanol–water partition coefficient (Wildman–Crippen LogP) is 1.04. The number of nitrogens with one attached hydrogen (secondary N) is 1. The van der Waals surface area contributed by atoms with Gasteiger partial charge in [0.1, 0.15) is 0 Å². The maximum absolute atomic E-state index is 4.23. The van der Waals surface area contributed by atoms with Crippen LogP contribution < -0.4 is 10.3 Å². The van der Waals surface area contributed by atoms with Crippen molar-refractivity contribution in [2.45, 2.75) is 13.8 Å². The molecule has 0 bridgehead atoms. The van der Waals surface area contributed by atoms with Crippen molar-refractivity contribution in [1.29, 1.82) is 0 Å². The van der Waals surface area contributed by atoms with Crippen molar-refractivity contribution in [2.75, 3.05) is 43.6 Å². The summed E-state index contributed by atoms with van der Waals surface area (Å²) < 4.78 is 0. The molecule has 1 fully saturated rings. The van der Waals surface area contributed by atoms with Gasteiger partial charge in [0.2, 0.25) is 0 Å². The summed E-state index contributed by atoms with van der Waals surface area (Å²) in [5.41, 5.74) is 3.83. The van der Waals surface area contributed by atoms with Crippen molar-refractivity contribution < 1.29 is 0 Å². The average molecular weight is 248 g/mol. The molecule has 1 N–H and O–H groups in total. The van der Waals surface area contributed by atoms with Crippen LogP contribution >= 0.6 is 0 Å². The summed E-state index contributed by atoms with van der Waals surface area (Å²) in [6.45, 7) is 8.01. The van der Waals surface area contributed by atoms with Crippen LogP contribution in [0.5, 0.6) is 0 Å². The van der Waals surface area contributed by atoms with Crippen LogP contribution in [0.25, 0.3) is 0 Å². The molecule has 2 rings (SSSR count). The smallest absolute Gasteiger partial charge is 0.168 e. The molecule has 98 valence electrons. The summed E-state index contributed by atoms with van der Waals surface area (Å²) >= 11 is 0. The molecule has 6 nitrogen and oxygen atoms in total. The molecule has 6 heteroatoms. The van der Waals surface area contributed by atoms with Crippen LogP contribution in [0, 0.1) is 0 Å². The Morgan fingerprint density at radius 1 is 1.17 bits per heavy atom. The van der Waals surface area contributed by atoms with E-state index in [1.807, 2.05) is 26.0 Å². The average Bonchev–Trinajstić information content (AvgIpc) is 2.38. The first-order chi connectivity index (χ1) is 8.65. The van der Waals surface area contributed by atoms with Gasteiger partial charge in [0.25, 0.3) is 0 Å². The fourth-order valence-corrected chi connectivity index (χ4v) is 1.76. The molecule has 1 aromatic rings. The zero-order valence-electron chi connectivity index (χ0n) is 11.2. The molecule has 0 aliphatic carbocycles. The maximum Gasteiger partial charge on any atom is 0.168 e. The molecule has 1 aliphatic heterocycles. The summed E-state index contributed by atoms with van der Waals surface area (Å²) in [5, 5.41) is 12.4. The first kappa shape index (κ1) is 12.8. The van der Waals surface area contributed by atoms with Crippen LogP contribution in [0.15, 0.2) is 17.2 Å². The Hall–Kier alpha value is -1.69. The monoisotopic (exact) mass is 248 g/mol. The van der Waals surface area contributed by atoms with E-state index in [0.717, 1.165) is 37.7 Å². The third-order valence-corrected chi connectivity index (χ3v) is 2.87. The number of nitrogens with zero attached hydrogens (tertiary/aromatic N) is 5. The van der Waals surface area contributed by atoms with Crippen LogP contribution in [-0.4, -0.2) is 54.0 Å². The van der Waals surface area contributed by atoms with Crippen molar-refractivity contribution in [2.24, 2.45) is 5.10 Å². The minimum atomic E-state index is 0.675. The van der Waals surface area contributed by atoms with Crippen molar-refractivity contribution >= 4 is 17.3 Å². The molecule has 0 saturated carbocycles. The highest BCUT2D eigenvalue weighted by atomic mass is 15.4. The van der Waals surface area contributed by atoms with Crippen LogP contribution in [0.2, 0.25) is 0 Å². The summed E-state index contributed by atoms with van der Waals surface area (Å²) in [6.07, 6.45) is 0. The van der Waals surface area contributed by atoms with Gasteiger partial charge in [-0.3, -0.25) is 5.43 Å². The third kappa shape index (κ3) is 3.40. The lowest BCUT2D eigenvalue weighted by Crippen LogP contribution is -2.44. The lowest BCUT2D eigenvalue weighted by molar-refractivity contribution is 0.312. The molecule has 1 aliphatic rings. The Balaban J connectivity index is 1.97. The molecule has 1 aromatic heterocycles. The van der Waals surface area contributed by atoms with Crippen LogP contribution in [0.3, 0.4) is 0 Å². The second-order valence-corrected chi connectivity index (χ2v) is 4.74. The van der Waals surface area contributed by atoms with Gasteiger partial charge in [-0.2, -0.15) is 5.10 Å². The number of rotatable bonds is 3.